The Balaban J connectivity index is 3.25. The molecule has 0 aliphatic carbocycles. The van der Waals surface area contributed by atoms with Crippen molar-refractivity contribution in [3.05, 3.63) is 11.6 Å². The van der Waals surface area contributed by atoms with Gasteiger partial charge in [-0.05, 0) is 6.07 Å². The van der Waals surface area contributed by atoms with Crippen LogP contribution >= 0.6 is 0 Å². The number of nitrogen functional groups attached to an aromatic ring is 1. The highest BCUT2D eigenvalue weighted by Crippen LogP contribution is 2.33. The van der Waals surface area contributed by atoms with Gasteiger partial charge in [0.2, 0.25) is 5.88 Å². The number of hydrogen-bond acceptors (Lipinski definition) is 4. The Kier molecular flexibility index (Phi) is 3.06. The van der Waals surface area contributed by atoms with Crippen LogP contribution in [0.2, 0.25) is 0 Å². The normalized spacial score (nSPS) is 10.4. The van der Waals surface area contributed by atoms with Gasteiger partial charge in [-0.1, -0.05) is 0 Å². The molecule has 0 saturated heterocycles. The number of halogens is 2. The molecule has 1 aromatic heterocycles. The zero-order valence-electron chi connectivity index (χ0n) is 7.75. The Bertz CT molecular complexity index is 331. The predicted octanol–water partition coefficient (Wildman–Crippen LogP) is 1.62. The fourth-order valence-electron chi connectivity index (χ4n) is 0.989. The minimum absolute atomic E-state index is 0.0220. The summed E-state index contributed by atoms with van der Waals surface area (Å²) in [5.74, 6) is -0.0480. The van der Waals surface area contributed by atoms with Crippen molar-refractivity contribution in [3.8, 4) is 11.6 Å². The summed E-state index contributed by atoms with van der Waals surface area (Å²) in [5, 5.41) is 0. The standard InChI is InChI=1S/C8H10F2N2O2/c1-13-5-3-4(6(9)10)8(14-2)12-7(5)11/h3,6H,1-2H3,(H2,11,12). The molecule has 0 aliphatic rings. The Labute approximate surface area is 79.6 Å². The van der Waals surface area contributed by atoms with E-state index < -0.39 is 6.43 Å². The van der Waals surface area contributed by atoms with E-state index in [2.05, 4.69) is 9.72 Å². The fourth-order valence-corrected chi connectivity index (χ4v) is 0.989. The van der Waals surface area contributed by atoms with Gasteiger partial charge in [-0.3, -0.25) is 0 Å². The van der Waals surface area contributed by atoms with Gasteiger partial charge in [-0.25, -0.2) is 8.78 Å². The lowest BCUT2D eigenvalue weighted by Gasteiger charge is -2.10. The summed E-state index contributed by atoms with van der Waals surface area (Å²) in [6, 6.07) is 1.12. The van der Waals surface area contributed by atoms with E-state index in [1.54, 1.807) is 0 Å². The van der Waals surface area contributed by atoms with E-state index in [0.717, 1.165) is 6.07 Å². The van der Waals surface area contributed by atoms with E-state index in [0.29, 0.717) is 0 Å². The molecule has 2 N–H and O–H groups in total. The van der Waals surface area contributed by atoms with Crippen LogP contribution in [0.3, 0.4) is 0 Å². The summed E-state index contributed by atoms with van der Waals surface area (Å²) < 4.78 is 34.3. The summed E-state index contributed by atoms with van der Waals surface area (Å²) in [6.07, 6.45) is -2.67. The third-order valence-corrected chi connectivity index (χ3v) is 1.66. The van der Waals surface area contributed by atoms with Gasteiger partial charge in [0, 0.05) is 0 Å². The molecular formula is C8H10F2N2O2. The minimum atomic E-state index is -2.67. The zero-order chi connectivity index (χ0) is 10.7. The van der Waals surface area contributed by atoms with Crippen molar-refractivity contribution in [3.63, 3.8) is 0 Å². The molecule has 6 heteroatoms. The number of aromatic nitrogens is 1. The molecule has 1 heterocycles. The van der Waals surface area contributed by atoms with Gasteiger partial charge >= 0.3 is 0 Å². The number of methoxy groups -OCH3 is 2. The predicted molar refractivity (Wildman–Crippen MR) is 46.7 cm³/mol. The first-order valence-corrected chi connectivity index (χ1v) is 3.76. The molecule has 0 bridgehead atoms. The second kappa shape index (κ2) is 4.08. The van der Waals surface area contributed by atoms with Gasteiger partial charge in [0.25, 0.3) is 6.43 Å². The lowest BCUT2D eigenvalue weighted by molar-refractivity contribution is 0.145. The lowest BCUT2D eigenvalue weighted by Crippen LogP contribution is -2.02. The van der Waals surface area contributed by atoms with E-state index in [1.807, 2.05) is 0 Å². The number of nitrogens with two attached hydrogens (primary N) is 1. The largest absolute Gasteiger partial charge is 0.493 e. The van der Waals surface area contributed by atoms with Crippen LogP contribution in [-0.2, 0) is 0 Å². The van der Waals surface area contributed by atoms with Crippen molar-refractivity contribution in [2.24, 2.45) is 0 Å². The van der Waals surface area contributed by atoms with Crippen molar-refractivity contribution in [2.75, 3.05) is 20.0 Å². The number of nitrogens with zero attached hydrogens (tertiary/aromatic N) is 1. The first kappa shape index (κ1) is 10.5. The van der Waals surface area contributed by atoms with Crippen LogP contribution < -0.4 is 15.2 Å². The Morgan fingerprint density at radius 1 is 1.36 bits per heavy atom. The first-order valence-electron chi connectivity index (χ1n) is 3.76. The minimum Gasteiger partial charge on any atom is -0.493 e. The average Bonchev–Trinajstić information content (AvgIpc) is 2.16. The van der Waals surface area contributed by atoms with Gasteiger partial charge in [0.15, 0.2) is 11.6 Å². The van der Waals surface area contributed by atoms with E-state index >= 15 is 0 Å². The molecule has 0 unspecified atom stereocenters. The third kappa shape index (κ3) is 1.84. The number of alkyl halides is 2. The molecule has 78 valence electrons. The van der Waals surface area contributed by atoms with E-state index in [-0.39, 0.29) is 23.0 Å². The first-order chi connectivity index (χ1) is 6.60. The zero-order valence-corrected chi connectivity index (χ0v) is 7.75. The van der Waals surface area contributed by atoms with Crippen LogP contribution in [0, 0.1) is 0 Å². The molecule has 0 amide bonds. The summed E-state index contributed by atoms with van der Waals surface area (Å²) >= 11 is 0. The van der Waals surface area contributed by atoms with Crippen molar-refractivity contribution in [2.45, 2.75) is 6.43 Å². The molecule has 1 rings (SSSR count). The molecule has 0 radical (unpaired) electrons. The maximum Gasteiger partial charge on any atom is 0.269 e. The summed E-state index contributed by atoms with van der Waals surface area (Å²) in [5.41, 5.74) is 5.08. The SMILES string of the molecule is COc1cc(C(F)F)c(OC)nc1N. The molecule has 0 aromatic carbocycles. The van der Waals surface area contributed by atoms with Crippen LogP contribution in [0.1, 0.15) is 12.0 Å². The second-order valence-electron chi connectivity index (χ2n) is 2.48. The van der Waals surface area contributed by atoms with Gasteiger partial charge in [0.05, 0.1) is 19.8 Å². The van der Waals surface area contributed by atoms with Gasteiger partial charge in [-0.2, -0.15) is 4.98 Å². The third-order valence-electron chi connectivity index (χ3n) is 1.66. The van der Waals surface area contributed by atoms with Crippen molar-refractivity contribution in [1.82, 2.24) is 4.98 Å². The lowest BCUT2D eigenvalue weighted by atomic mass is 10.2. The van der Waals surface area contributed by atoms with Crippen LogP contribution in [0.4, 0.5) is 14.6 Å². The van der Waals surface area contributed by atoms with E-state index in [9.17, 15) is 8.78 Å². The van der Waals surface area contributed by atoms with E-state index in [4.69, 9.17) is 10.5 Å². The van der Waals surface area contributed by atoms with Crippen LogP contribution in [0.15, 0.2) is 6.07 Å². The molecular weight excluding hydrogens is 194 g/mol. The number of rotatable bonds is 3. The molecule has 1 aromatic rings. The monoisotopic (exact) mass is 204 g/mol. The maximum atomic E-state index is 12.4. The molecule has 4 nitrogen and oxygen atoms in total. The van der Waals surface area contributed by atoms with E-state index in [1.165, 1.54) is 14.2 Å². The highest BCUT2D eigenvalue weighted by Gasteiger charge is 2.18. The highest BCUT2D eigenvalue weighted by atomic mass is 19.3. The number of ether oxygens (including phenoxy) is 2. The van der Waals surface area contributed by atoms with Crippen molar-refractivity contribution in [1.29, 1.82) is 0 Å². The summed E-state index contributed by atoms with van der Waals surface area (Å²) in [6.45, 7) is 0. The van der Waals surface area contributed by atoms with Gasteiger partial charge < -0.3 is 15.2 Å². The summed E-state index contributed by atoms with van der Waals surface area (Å²) in [7, 11) is 2.58. The number of anilines is 1. The van der Waals surface area contributed by atoms with Crippen LogP contribution in [-0.4, -0.2) is 19.2 Å². The maximum absolute atomic E-state index is 12.4. The molecule has 0 atom stereocenters. The Morgan fingerprint density at radius 2 is 2.00 bits per heavy atom. The van der Waals surface area contributed by atoms with Crippen molar-refractivity contribution >= 4 is 5.82 Å². The molecule has 0 fully saturated rings. The van der Waals surface area contributed by atoms with Gasteiger partial charge in [0.1, 0.15) is 0 Å². The Hall–Kier alpha value is -1.59. The van der Waals surface area contributed by atoms with Crippen LogP contribution in [0.5, 0.6) is 11.6 Å². The average molecular weight is 204 g/mol. The number of pyridine rings is 1. The molecule has 0 spiro atoms. The molecule has 0 saturated carbocycles. The molecule has 0 aliphatic heterocycles. The van der Waals surface area contributed by atoms with Gasteiger partial charge in [-0.15, -0.1) is 0 Å². The molecule has 14 heavy (non-hydrogen) atoms. The fraction of sp³-hybridized carbons (Fsp3) is 0.375. The number of hydrogen-bond donors (Lipinski definition) is 1. The smallest absolute Gasteiger partial charge is 0.269 e. The second-order valence-corrected chi connectivity index (χ2v) is 2.48. The quantitative estimate of drug-likeness (QED) is 0.812. The van der Waals surface area contributed by atoms with Crippen molar-refractivity contribution < 1.29 is 18.3 Å². The summed E-state index contributed by atoms with van der Waals surface area (Å²) in [4.78, 5) is 3.63. The highest BCUT2D eigenvalue weighted by molar-refractivity contribution is 5.51. The topological polar surface area (TPSA) is 57.4 Å². The Morgan fingerprint density at radius 3 is 2.43 bits per heavy atom. The van der Waals surface area contributed by atoms with Crippen LogP contribution in [0.25, 0.3) is 0 Å².